The van der Waals surface area contributed by atoms with E-state index in [1.807, 2.05) is 30.3 Å². The Morgan fingerprint density at radius 1 is 1.09 bits per heavy atom. The first kappa shape index (κ1) is 14.3. The Hall–Kier alpha value is -2.67. The van der Waals surface area contributed by atoms with Crippen molar-refractivity contribution in [3.8, 4) is 0 Å². The largest absolute Gasteiger partial charge is 0.378 e. The van der Waals surface area contributed by atoms with Gasteiger partial charge in [0, 0.05) is 24.8 Å². The standard InChI is InChI=1S/C15H17N5O2/c21-15(18-12-4-2-1-3-5-12)19-13-10-14(17-11-16-13)20-6-8-22-9-7-20/h1-5,10-11H,6-9H2,(H2,16,17,18,19,21). The number of aromatic nitrogens is 2. The summed E-state index contributed by atoms with van der Waals surface area (Å²) in [4.78, 5) is 22.4. The highest BCUT2D eigenvalue weighted by Crippen LogP contribution is 2.15. The quantitative estimate of drug-likeness (QED) is 0.905. The Labute approximate surface area is 128 Å². The minimum atomic E-state index is -0.335. The summed E-state index contributed by atoms with van der Waals surface area (Å²) in [7, 11) is 0. The second kappa shape index (κ2) is 6.86. The molecule has 0 atom stereocenters. The molecule has 3 rings (SSSR count). The van der Waals surface area contributed by atoms with Crippen LogP contribution in [0.2, 0.25) is 0 Å². The predicted octanol–water partition coefficient (Wildman–Crippen LogP) is 1.96. The third-order valence-electron chi connectivity index (χ3n) is 3.26. The zero-order chi connectivity index (χ0) is 15.2. The molecule has 7 heteroatoms. The Bertz CT molecular complexity index is 629. The van der Waals surface area contributed by atoms with Crippen LogP contribution in [0.4, 0.5) is 22.1 Å². The van der Waals surface area contributed by atoms with Crippen LogP contribution >= 0.6 is 0 Å². The lowest BCUT2D eigenvalue weighted by atomic mass is 10.3. The maximum absolute atomic E-state index is 12.0. The van der Waals surface area contributed by atoms with Gasteiger partial charge < -0.3 is 15.0 Å². The van der Waals surface area contributed by atoms with E-state index >= 15 is 0 Å². The van der Waals surface area contributed by atoms with Crippen molar-refractivity contribution in [3.63, 3.8) is 0 Å². The van der Waals surface area contributed by atoms with E-state index in [9.17, 15) is 4.79 Å². The van der Waals surface area contributed by atoms with Crippen molar-refractivity contribution in [3.05, 3.63) is 42.7 Å². The topological polar surface area (TPSA) is 79.4 Å². The molecule has 1 fully saturated rings. The van der Waals surface area contributed by atoms with Gasteiger partial charge in [-0.25, -0.2) is 14.8 Å². The van der Waals surface area contributed by atoms with Crippen molar-refractivity contribution >= 4 is 23.4 Å². The van der Waals surface area contributed by atoms with E-state index in [-0.39, 0.29) is 6.03 Å². The number of carbonyl (C=O) groups excluding carboxylic acids is 1. The molecular weight excluding hydrogens is 282 g/mol. The van der Waals surface area contributed by atoms with Crippen molar-refractivity contribution in [2.75, 3.05) is 41.8 Å². The maximum atomic E-state index is 12.0. The molecule has 2 N–H and O–H groups in total. The second-order valence-corrected chi connectivity index (χ2v) is 4.81. The van der Waals surface area contributed by atoms with Crippen molar-refractivity contribution < 1.29 is 9.53 Å². The number of hydrogen-bond donors (Lipinski definition) is 2. The fraction of sp³-hybridized carbons (Fsp3) is 0.267. The Morgan fingerprint density at radius 3 is 2.64 bits per heavy atom. The fourth-order valence-corrected chi connectivity index (χ4v) is 2.18. The van der Waals surface area contributed by atoms with E-state index in [2.05, 4.69) is 25.5 Å². The highest BCUT2D eigenvalue weighted by Gasteiger charge is 2.13. The molecule has 0 radical (unpaired) electrons. The summed E-state index contributed by atoms with van der Waals surface area (Å²) >= 11 is 0. The lowest BCUT2D eigenvalue weighted by Crippen LogP contribution is -2.36. The number of nitrogens with one attached hydrogen (secondary N) is 2. The van der Waals surface area contributed by atoms with Crippen LogP contribution < -0.4 is 15.5 Å². The number of morpholine rings is 1. The number of ether oxygens (including phenoxy) is 1. The molecule has 1 aliphatic heterocycles. The number of amides is 2. The van der Waals surface area contributed by atoms with Gasteiger partial charge in [0.15, 0.2) is 0 Å². The summed E-state index contributed by atoms with van der Waals surface area (Å²) in [6.07, 6.45) is 1.45. The van der Waals surface area contributed by atoms with Gasteiger partial charge in [-0.15, -0.1) is 0 Å². The Kier molecular flexibility index (Phi) is 4.45. The molecule has 1 aromatic heterocycles. The van der Waals surface area contributed by atoms with Gasteiger partial charge in [-0.1, -0.05) is 18.2 Å². The third-order valence-corrected chi connectivity index (χ3v) is 3.26. The molecule has 1 aromatic carbocycles. The van der Waals surface area contributed by atoms with Crippen molar-refractivity contribution in [2.45, 2.75) is 0 Å². The number of benzene rings is 1. The first-order chi connectivity index (χ1) is 10.8. The van der Waals surface area contributed by atoms with Gasteiger partial charge >= 0.3 is 6.03 Å². The van der Waals surface area contributed by atoms with Crippen LogP contribution in [0, 0.1) is 0 Å². The number of nitrogens with zero attached hydrogens (tertiary/aromatic N) is 3. The monoisotopic (exact) mass is 299 g/mol. The molecule has 7 nitrogen and oxygen atoms in total. The van der Waals surface area contributed by atoms with E-state index in [4.69, 9.17) is 4.74 Å². The molecule has 0 bridgehead atoms. The van der Waals surface area contributed by atoms with Gasteiger partial charge in [0.1, 0.15) is 18.0 Å². The number of carbonyl (C=O) groups is 1. The molecule has 2 amide bonds. The molecular formula is C15H17N5O2. The number of rotatable bonds is 3. The second-order valence-electron chi connectivity index (χ2n) is 4.81. The van der Waals surface area contributed by atoms with E-state index in [1.54, 1.807) is 6.07 Å². The maximum Gasteiger partial charge on any atom is 0.324 e. The molecule has 1 saturated heterocycles. The molecule has 0 spiro atoms. The molecule has 1 aliphatic rings. The van der Waals surface area contributed by atoms with E-state index in [1.165, 1.54) is 6.33 Å². The highest BCUT2D eigenvalue weighted by molar-refractivity contribution is 5.99. The van der Waals surface area contributed by atoms with E-state index in [0.29, 0.717) is 19.0 Å². The van der Waals surface area contributed by atoms with Crippen molar-refractivity contribution in [2.24, 2.45) is 0 Å². The first-order valence-corrected chi connectivity index (χ1v) is 7.09. The third kappa shape index (κ3) is 3.70. The van der Waals surface area contributed by atoms with Crippen LogP contribution in [0.15, 0.2) is 42.7 Å². The van der Waals surface area contributed by atoms with Crippen LogP contribution in [-0.4, -0.2) is 42.3 Å². The van der Waals surface area contributed by atoms with Gasteiger partial charge in [0.25, 0.3) is 0 Å². The summed E-state index contributed by atoms with van der Waals surface area (Å²) in [5.74, 6) is 1.25. The molecule has 2 heterocycles. The van der Waals surface area contributed by atoms with Gasteiger partial charge in [-0.2, -0.15) is 0 Å². The summed E-state index contributed by atoms with van der Waals surface area (Å²) in [5.41, 5.74) is 0.724. The zero-order valence-electron chi connectivity index (χ0n) is 12.0. The van der Waals surface area contributed by atoms with E-state index < -0.39 is 0 Å². The number of para-hydroxylation sites is 1. The van der Waals surface area contributed by atoms with Crippen molar-refractivity contribution in [1.82, 2.24) is 9.97 Å². The SMILES string of the molecule is O=C(Nc1ccccc1)Nc1cc(N2CCOCC2)ncn1. The fourth-order valence-electron chi connectivity index (χ4n) is 2.18. The smallest absolute Gasteiger partial charge is 0.324 e. The van der Waals surface area contributed by atoms with E-state index in [0.717, 1.165) is 24.6 Å². The Morgan fingerprint density at radius 2 is 1.86 bits per heavy atom. The summed E-state index contributed by atoms with van der Waals surface area (Å²) in [6.45, 7) is 2.93. The lowest BCUT2D eigenvalue weighted by Gasteiger charge is -2.27. The molecule has 0 saturated carbocycles. The van der Waals surface area contributed by atoms with Crippen LogP contribution in [0.1, 0.15) is 0 Å². The number of urea groups is 1. The average molecular weight is 299 g/mol. The summed E-state index contributed by atoms with van der Waals surface area (Å²) in [5, 5.41) is 5.46. The molecule has 0 aliphatic carbocycles. The Balaban J connectivity index is 1.63. The minimum absolute atomic E-state index is 0.335. The lowest BCUT2D eigenvalue weighted by molar-refractivity contribution is 0.122. The summed E-state index contributed by atoms with van der Waals surface area (Å²) in [6, 6.07) is 10.7. The predicted molar refractivity (Wildman–Crippen MR) is 84.1 cm³/mol. The molecule has 114 valence electrons. The normalized spacial score (nSPS) is 14.5. The van der Waals surface area contributed by atoms with Crippen LogP contribution in [0.3, 0.4) is 0 Å². The first-order valence-electron chi connectivity index (χ1n) is 7.09. The van der Waals surface area contributed by atoms with Crippen LogP contribution in [0.25, 0.3) is 0 Å². The minimum Gasteiger partial charge on any atom is -0.378 e. The highest BCUT2D eigenvalue weighted by atomic mass is 16.5. The van der Waals surface area contributed by atoms with Gasteiger partial charge in [0.2, 0.25) is 0 Å². The number of hydrogen-bond acceptors (Lipinski definition) is 5. The van der Waals surface area contributed by atoms with Gasteiger partial charge in [-0.05, 0) is 12.1 Å². The molecule has 22 heavy (non-hydrogen) atoms. The molecule has 2 aromatic rings. The zero-order valence-corrected chi connectivity index (χ0v) is 12.0. The van der Waals surface area contributed by atoms with Crippen LogP contribution in [0.5, 0.6) is 0 Å². The molecule has 0 unspecified atom stereocenters. The summed E-state index contributed by atoms with van der Waals surface area (Å²) < 4.78 is 5.32. The van der Waals surface area contributed by atoms with Crippen LogP contribution in [-0.2, 0) is 4.74 Å². The van der Waals surface area contributed by atoms with Crippen molar-refractivity contribution in [1.29, 1.82) is 0 Å². The average Bonchev–Trinajstić information content (AvgIpc) is 2.57. The van der Waals surface area contributed by atoms with Gasteiger partial charge in [0.05, 0.1) is 13.2 Å². The number of anilines is 3. The van der Waals surface area contributed by atoms with Gasteiger partial charge in [-0.3, -0.25) is 5.32 Å².